The maximum atomic E-state index is 11.7. The van der Waals surface area contributed by atoms with Gasteiger partial charge in [-0.15, -0.1) is 0 Å². The number of hydroxylamine groups is 1. The van der Waals surface area contributed by atoms with Crippen LogP contribution in [0.1, 0.15) is 42.3 Å². The summed E-state index contributed by atoms with van der Waals surface area (Å²) in [5.41, 5.74) is 8.81. The summed E-state index contributed by atoms with van der Waals surface area (Å²) in [6, 6.07) is 14.8. The fourth-order valence-electron chi connectivity index (χ4n) is 6.21. The van der Waals surface area contributed by atoms with E-state index in [9.17, 15) is 24.9 Å². The van der Waals surface area contributed by atoms with E-state index in [2.05, 4.69) is 20.2 Å². The van der Waals surface area contributed by atoms with Gasteiger partial charge in [0.2, 0.25) is 0 Å². The average Bonchev–Trinajstić information content (AvgIpc) is 3.59. The molecule has 1 aliphatic heterocycles. The number of aromatic nitrogens is 6. The summed E-state index contributed by atoms with van der Waals surface area (Å²) < 4.78 is 8.33. The fourth-order valence-corrected chi connectivity index (χ4v) is 6.21. The summed E-state index contributed by atoms with van der Waals surface area (Å²) in [5, 5.41) is 33.2. The maximum Gasteiger partial charge on any atom is 0.306 e. The summed E-state index contributed by atoms with van der Waals surface area (Å²) in [7, 11) is 3.61. The minimum atomic E-state index is -0.427. The molecule has 1 N–H and O–H groups in total. The number of carbonyl (C=O) groups excluding carboxylic acids is 2. The maximum absolute atomic E-state index is 11.7. The van der Waals surface area contributed by atoms with Crippen LogP contribution in [0.15, 0.2) is 60.9 Å². The zero-order valence-corrected chi connectivity index (χ0v) is 32.0. The summed E-state index contributed by atoms with van der Waals surface area (Å²) in [6.07, 6.45) is 4.75. The van der Waals surface area contributed by atoms with Crippen LogP contribution in [0.2, 0.25) is 0 Å². The number of benzene rings is 2. The number of rotatable bonds is 7. The molecule has 51 heavy (non-hydrogen) atoms. The Kier molecular flexibility index (Phi) is 11.0. The summed E-state index contributed by atoms with van der Waals surface area (Å²) in [5.74, 6) is -0.646. The molecule has 1 amide bonds. The van der Waals surface area contributed by atoms with Crippen molar-refractivity contribution in [1.82, 2.24) is 29.5 Å². The number of anilines is 1. The monoisotopic (exact) mass is 740 g/mol. The number of pyridine rings is 2. The van der Waals surface area contributed by atoms with Crippen LogP contribution in [0.25, 0.3) is 44.3 Å². The molecule has 4 aromatic heterocycles. The van der Waals surface area contributed by atoms with Crippen molar-refractivity contribution in [3.63, 3.8) is 0 Å². The van der Waals surface area contributed by atoms with Gasteiger partial charge >= 0.3 is 5.97 Å². The third kappa shape index (κ3) is 7.54. The fraction of sp³-hybridized carbons (Fsp3) is 0.278. The smallest absolute Gasteiger partial charge is 0.306 e. The Morgan fingerprint density at radius 2 is 1.47 bits per heavy atom. The van der Waals surface area contributed by atoms with Crippen molar-refractivity contribution in [3.05, 3.63) is 93.6 Å². The molecule has 1 aliphatic rings. The number of aryl methyl sites for hydroxylation is 6. The Bertz CT molecular complexity index is 2300. The van der Waals surface area contributed by atoms with Crippen LogP contribution in [0.5, 0.6) is 0 Å². The number of amides is 1. The topological polar surface area (TPSA) is 171 Å². The van der Waals surface area contributed by atoms with Crippen LogP contribution in [0.3, 0.4) is 0 Å². The Balaban J connectivity index is 0.000000196. The first-order valence-electron chi connectivity index (χ1n) is 16.1. The molecule has 5 heterocycles. The molecule has 0 aliphatic carbocycles. The van der Waals surface area contributed by atoms with Crippen molar-refractivity contribution in [3.8, 4) is 22.5 Å². The van der Waals surface area contributed by atoms with Gasteiger partial charge in [0.1, 0.15) is 11.4 Å². The van der Waals surface area contributed by atoms with Crippen LogP contribution >= 0.6 is 0 Å². The van der Waals surface area contributed by atoms with Gasteiger partial charge in [0, 0.05) is 104 Å². The molecule has 6 aromatic rings. The normalized spacial score (nSPS) is 12.3. The number of carbonyl (C=O) groups is 2. The number of hydrogen-bond donors (Lipinski definition) is 1. The number of nitro groups is 1. The Labute approximate surface area is 305 Å². The van der Waals surface area contributed by atoms with E-state index >= 15 is 0 Å². The van der Waals surface area contributed by atoms with Gasteiger partial charge in [0.15, 0.2) is 0 Å². The average molecular weight is 742 g/mol. The van der Waals surface area contributed by atoms with Gasteiger partial charge in [-0.1, -0.05) is 0 Å². The second-order valence-corrected chi connectivity index (χ2v) is 12.1. The second-order valence-electron chi connectivity index (χ2n) is 12.1. The van der Waals surface area contributed by atoms with E-state index in [0.29, 0.717) is 29.6 Å². The van der Waals surface area contributed by atoms with E-state index in [1.807, 2.05) is 57.3 Å². The number of ether oxygens (including phenoxy) is 1. The third-order valence-electron chi connectivity index (χ3n) is 8.61. The molecule has 0 saturated carbocycles. The number of nitro benzene ring substituents is 1. The third-order valence-corrected chi connectivity index (χ3v) is 8.61. The SMILES string of the molecule is CCOC(=O)CCc1cc2c(-c3ccnc(C)c3)nn(C)c2cc1[N+](=O)[O-].Cc1cc(-c2nn(C)c3cc4c(cc23)CCC(=O)N4O)ccn1.[Zn]. The zero-order valence-electron chi connectivity index (χ0n) is 29.1. The standard InChI is InChI=1S/C19H20N4O4.C17H16N4O2.Zn/c1-4-27-18(24)6-5-13-10-15-17(11-16(13)23(25)26)22(3)21-19(15)14-7-8-20-12(2)9-14;1-10-7-12(5-6-18-10)17-13-8-11-3-4-16(22)21(23)14(11)9-15(13)20(2)19-17;/h7-11H,4-6H2,1-3H3;5-9,23H,3-4H2,1-2H3;. The van der Waals surface area contributed by atoms with Crippen LogP contribution in [0.4, 0.5) is 11.4 Å². The van der Waals surface area contributed by atoms with Crippen LogP contribution in [-0.2, 0) is 60.7 Å². The first kappa shape index (κ1) is 36.9. The summed E-state index contributed by atoms with van der Waals surface area (Å²) in [6.45, 7) is 5.86. The van der Waals surface area contributed by atoms with Crippen LogP contribution in [0, 0.1) is 24.0 Å². The molecule has 2 aromatic carbocycles. The molecule has 0 unspecified atom stereocenters. The van der Waals surface area contributed by atoms with Gasteiger partial charge in [-0.25, -0.2) is 0 Å². The molecule has 0 saturated heterocycles. The first-order valence-corrected chi connectivity index (χ1v) is 16.1. The molecule has 7 rings (SSSR count). The molecule has 15 heteroatoms. The largest absolute Gasteiger partial charge is 0.466 e. The summed E-state index contributed by atoms with van der Waals surface area (Å²) in [4.78, 5) is 42.9. The Hall–Kier alpha value is -5.40. The minimum absolute atomic E-state index is 0. The van der Waals surface area contributed by atoms with E-state index in [4.69, 9.17) is 4.74 Å². The van der Waals surface area contributed by atoms with Gasteiger partial charge < -0.3 is 4.74 Å². The number of fused-ring (bicyclic) bond motifs is 3. The molecule has 0 spiro atoms. The van der Waals surface area contributed by atoms with E-state index in [1.165, 1.54) is 6.07 Å². The van der Waals surface area contributed by atoms with Crippen molar-refractivity contribution in [2.24, 2.45) is 14.1 Å². The van der Waals surface area contributed by atoms with E-state index in [-0.39, 0.29) is 56.5 Å². The van der Waals surface area contributed by atoms with Gasteiger partial charge in [-0.05, 0) is 81.6 Å². The van der Waals surface area contributed by atoms with E-state index < -0.39 is 4.92 Å². The number of esters is 1. The van der Waals surface area contributed by atoms with Crippen LogP contribution in [-0.4, -0.2) is 58.1 Å². The minimum Gasteiger partial charge on any atom is -0.466 e. The molecular weight excluding hydrogens is 706 g/mol. The van der Waals surface area contributed by atoms with Gasteiger partial charge in [0.05, 0.1) is 28.3 Å². The van der Waals surface area contributed by atoms with Crippen molar-refractivity contribution < 1.29 is 43.9 Å². The van der Waals surface area contributed by atoms with Crippen molar-refractivity contribution in [2.45, 2.75) is 46.5 Å². The van der Waals surface area contributed by atoms with Crippen molar-refractivity contribution in [1.29, 1.82) is 0 Å². The molecule has 0 radical (unpaired) electrons. The summed E-state index contributed by atoms with van der Waals surface area (Å²) >= 11 is 0. The predicted molar refractivity (Wildman–Crippen MR) is 187 cm³/mol. The van der Waals surface area contributed by atoms with Gasteiger partial charge in [-0.2, -0.15) is 15.3 Å². The number of hydrogen-bond acceptors (Lipinski definition) is 10. The number of nitrogens with zero attached hydrogens (tertiary/aromatic N) is 8. The molecular formula is C36H36N8O6Zn. The first-order chi connectivity index (χ1) is 23.9. The Morgan fingerprint density at radius 3 is 2.02 bits per heavy atom. The molecule has 14 nitrogen and oxygen atoms in total. The van der Waals surface area contributed by atoms with E-state index in [0.717, 1.165) is 60.8 Å². The zero-order chi connectivity index (χ0) is 35.7. The van der Waals surface area contributed by atoms with Gasteiger partial charge in [-0.3, -0.25) is 44.2 Å². The second kappa shape index (κ2) is 15.2. The predicted octanol–water partition coefficient (Wildman–Crippen LogP) is 5.96. The van der Waals surface area contributed by atoms with Gasteiger partial charge in [0.25, 0.3) is 11.6 Å². The van der Waals surface area contributed by atoms with E-state index in [1.54, 1.807) is 41.8 Å². The van der Waals surface area contributed by atoms with Crippen LogP contribution < -0.4 is 5.06 Å². The van der Waals surface area contributed by atoms with Crippen molar-refractivity contribution >= 4 is 45.1 Å². The molecule has 0 atom stereocenters. The quantitative estimate of drug-likeness (QED) is 0.0677. The molecule has 258 valence electrons. The molecule has 0 fully saturated rings. The molecule has 0 bridgehead atoms. The Morgan fingerprint density at radius 1 is 0.902 bits per heavy atom. The van der Waals surface area contributed by atoms with Crippen molar-refractivity contribution in [2.75, 3.05) is 11.7 Å².